The lowest BCUT2D eigenvalue weighted by molar-refractivity contribution is -0.138. The molecule has 16 heavy (non-hydrogen) atoms. The first-order valence-electron chi connectivity index (χ1n) is 5.55. The summed E-state index contributed by atoms with van der Waals surface area (Å²) in [6.07, 6.45) is 0.980. The summed E-state index contributed by atoms with van der Waals surface area (Å²) in [5.74, 6) is -0.299. The molecule has 0 aliphatic carbocycles. The number of nitrogens with zero attached hydrogens (tertiary/aromatic N) is 1. The molecule has 1 rings (SSSR count). The minimum atomic E-state index is -0.769. The number of carboxylic acid groups (broad SMARTS) is 1. The molecule has 3 nitrogen and oxygen atoms in total. The predicted octanol–water partition coefficient (Wildman–Crippen LogP) is 2.20. The highest BCUT2D eigenvalue weighted by Gasteiger charge is 2.08. The number of rotatable bonds is 6. The Balaban J connectivity index is 2.35. The Morgan fingerprint density at radius 1 is 1.38 bits per heavy atom. The van der Waals surface area contributed by atoms with Crippen LogP contribution >= 0.6 is 0 Å². The van der Waals surface area contributed by atoms with Gasteiger partial charge in [0.1, 0.15) is 0 Å². The molecule has 0 saturated heterocycles. The maximum Gasteiger partial charge on any atom is 0.317 e. The number of hydrogen-bond donors (Lipinski definition) is 1. The summed E-state index contributed by atoms with van der Waals surface area (Å²) in [4.78, 5) is 12.3. The molecule has 3 heteroatoms. The van der Waals surface area contributed by atoms with Gasteiger partial charge in [-0.25, -0.2) is 0 Å². The van der Waals surface area contributed by atoms with Crippen LogP contribution < -0.4 is 0 Å². The standard InChI is InChI=1S/C13H19NO2/c1-11(12-6-4-3-5-7-12)8-9-14(2)10-13(15)16/h3-7,11H,8-10H2,1-2H3,(H,15,16). The fourth-order valence-electron chi connectivity index (χ4n) is 1.67. The smallest absolute Gasteiger partial charge is 0.317 e. The largest absolute Gasteiger partial charge is 0.480 e. The number of likely N-dealkylation sites (N-methyl/N-ethyl adjacent to an activating group) is 1. The van der Waals surface area contributed by atoms with E-state index in [9.17, 15) is 4.79 Å². The van der Waals surface area contributed by atoms with Crippen LogP contribution in [0.5, 0.6) is 0 Å². The second-order valence-corrected chi connectivity index (χ2v) is 4.23. The van der Waals surface area contributed by atoms with Crippen LogP contribution in [0, 0.1) is 0 Å². The van der Waals surface area contributed by atoms with Gasteiger partial charge in [-0.2, -0.15) is 0 Å². The lowest BCUT2D eigenvalue weighted by Crippen LogP contribution is -2.27. The van der Waals surface area contributed by atoms with Crippen molar-refractivity contribution in [2.24, 2.45) is 0 Å². The third-order valence-corrected chi connectivity index (χ3v) is 2.72. The Morgan fingerprint density at radius 2 is 2.00 bits per heavy atom. The van der Waals surface area contributed by atoms with Crippen molar-refractivity contribution in [3.05, 3.63) is 35.9 Å². The molecule has 0 spiro atoms. The number of hydrogen-bond acceptors (Lipinski definition) is 2. The monoisotopic (exact) mass is 221 g/mol. The average Bonchev–Trinajstić information content (AvgIpc) is 2.26. The molecule has 1 aromatic carbocycles. The average molecular weight is 221 g/mol. The van der Waals surface area contributed by atoms with Gasteiger partial charge in [0.2, 0.25) is 0 Å². The molecule has 1 unspecified atom stereocenters. The van der Waals surface area contributed by atoms with Crippen LogP contribution in [0.25, 0.3) is 0 Å². The summed E-state index contributed by atoms with van der Waals surface area (Å²) in [6, 6.07) is 10.3. The second kappa shape index (κ2) is 6.28. The minimum Gasteiger partial charge on any atom is -0.480 e. The number of carboxylic acids is 1. The van der Waals surface area contributed by atoms with Crippen LogP contribution in [-0.2, 0) is 4.79 Å². The number of aliphatic carboxylic acids is 1. The van der Waals surface area contributed by atoms with Gasteiger partial charge in [0.15, 0.2) is 0 Å². The van der Waals surface area contributed by atoms with Crippen LogP contribution in [0.3, 0.4) is 0 Å². The maximum absolute atomic E-state index is 10.5. The molecular formula is C13H19NO2. The topological polar surface area (TPSA) is 40.5 Å². The van der Waals surface area contributed by atoms with Gasteiger partial charge in [0, 0.05) is 0 Å². The summed E-state index contributed by atoms with van der Waals surface area (Å²) < 4.78 is 0. The van der Waals surface area contributed by atoms with Crippen LogP contribution in [0.2, 0.25) is 0 Å². The van der Waals surface area contributed by atoms with E-state index in [-0.39, 0.29) is 6.54 Å². The Bertz CT molecular complexity index is 324. The van der Waals surface area contributed by atoms with Gasteiger partial charge in [-0.1, -0.05) is 37.3 Å². The van der Waals surface area contributed by atoms with E-state index in [0.717, 1.165) is 13.0 Å². The molecule has 0 aliphatic rings. The van der Waals surface area contributed by atoms with Crippen molar-refractivity contribution in [3.8, 4) is 0 Å². The summed E-state index contributed by atoms with van der Waals surface area (Å²) in [5, 5.41) is 8.62. The third kappa shape index (κ3) is 4.45. The fraction of sp³-hybridized carbons (Fsp3) is 0.462. The fourth-order valence-corrected chi connectivity index (χ4v) is 1.67. The number of carbonyl (C=O) groups is 1. The van der Waals surface area contributed by atoms with Gasteiger partial charge >= 0.3 is 5.97 Å². The zero-order valence-corrected chi connectivity index (χ0v) is 9.89. The highest BCUT2D eigenvalue weighted by atomic mass is 16.4. The molecule has 0 radical (unpaired) electrons. The van der Waals surface area contributed by atoms with E-state index in [0.29, 0.717) is 5.92 Å². The molecule has 0 amide bonds. The highest BCUT2D eigenvalue weighted by Crippen LogP contribution is 2.18. The molecule has 1 aromatic rings. The van der Waals surface area contributed by atoms with Gasteiger partial charge < -0.3 is 5.11 Å². The predicted molar refractivity (Wildman–Crippen MR) is 64.6 cm³/mol. The van der Waals surface area contributed by atoms with Crippen molar-refractivity contribution in [3.63, 3.8) is 0 Å². The maximum atomic E-state index is 10.5. The van der Waals surface area contributed by atoms with Crippen molar-refractivity contribution < 1.29 is 9.90 Å². The van der Waals surface area contributed by atoms with E-state index in [1.54, 1.807) is 0 Å². The normalized spacial score (nSPS) is 12.7. The summed E-state index contributed by atoms with van der Waals surface area (Å²) in [5.41, 5.74) is 1.31. The second-order valence-electron chi connectivity index (χ2n) is 4.23. The van der Waals surface area contributed by atoms with Crippen LogP contribution in [-0.4, -0.2) is 36.1 Å². The van der Waals surface area contributed by atoms with E-state index >= 15 is 0 Å². The van der Waals surface area contributed by atoms with Gasteiger partial charge in [0.25, 0.3) is 0 Å². The molecule has 1 N–H and O–H groups in total. The lowest BCUT2D eigenvalue weighted by Gasteiger charge is -2.17. The Morgan fingerprint density at radius 3 is 2.56 bits per heavy atom. The Labute approximate surface area is 96.7 Å². The summed E-state index contributed by atoms with van der Waals surface area (Å²) in [7, 11) is 1.84. The zero-order valence-electron chi connectivity index (χ0n) is 9.89. The molecule has 0 heterocycles. The van der Waals surface area contributed by atoms with Gasteiger partial charge in [-0.15, -0.1) is 0 Å². The molecule has 0 saturated carbocycles. The first-order chi connectivity index (χ1) is 7.59. The van der Waals surface area contributed by atoms with Crippen LogP contribution in [0.1, 0.15) is 24.8 Å². The van der Waals surface area contributed by atoms with E-state index in [1.165, 1.54) is 5.56 Å². The quantitative estimate of drug-likeness (QED) is 0.800. The summed E-state index contributed by atoms with van der Waals surface area (Å²) in [6.45, 7) is 3.09. The molecule has 0 aromatic heterocycles. The highest BCUT2D eigenvalue weighted by molar-refractivity contribution is 5.68. The van der Waals surface area contributed by atoms with Crippen molar-refractivity contribution >= 4 is 5.97 Å². The van der Waals surface area contributed by atoms with Crippen molar-refractivity contribution in [1.82, 2.24) is 4.90 Å². The lowest BCUT2D eigenvalue weighted by atomic mass is 9.98. The van der Waals surface area contributed by atoms with Crippen molar-refractivity contribution in [2.75, 3.05) is 20.1 Å². The first kappa shape index (κ1) is 12.7. The Kier molecular flexibility index (Phi) is 4.99. The van der Waals surface area contributed by atoms with Gasteiger partial charge in [0.05, 0.1) is 6.54 Å². The first-order valence-corrected chi connectivity index (χ1v) is 5.55. The van der Waals surface area contributed by atoms with Crippen LogP contribution in [0.15, 0.2) is 30.3 Å². The Hall–Kier alpha value is -1.35. The van der Waals surface area contributed by atoms with Gasteiger partial charge in [-0.05, 0) is 31.5 Å². The van der Waals surface area contributed by atoms with Gasteiger partial charge in [-0.3, -0.25) is 9.69 Å². The molecule has 0 aliphatic heterocycles. The van der Waals surface area contributed by atoms with E-state index in [2.05, 4.69) is 19.1 Å². The molecular weight excluding hydrogens is 202 g/mol. The van der Waals surface area contributed by atoms with Crippen molar-refractivity contribution in [1.29, 1.82) is 0 Å². The minimum absolute atomic E-state index is 0.113. The summed E-state index contributed by atoms with van der Waals surface area (Å²) >= 11 is 0. The molecule has 0 bridgehead atoms. The molecule has 1 atom stereocenters. The van der Waals surface area contributed by atoms with E-state index in [1.807, 2.05) is 30.1 Å². The molecule has 88 valence electrons. The SMILES string of the molecule is CC(CCN(C)CC(=O)O)c1ccccc1. The van der Waals surface area contributed by atoms with Crippen molar-refractivity contribution in [2.45, 2.75) is 19.3 Å². The number of benzene rings is 1. The third-order valence-electron chi connectivity index (χ3n) is 2.72. The van der Waals surface area contributed by atoms with E-state index in [4.69, 9.17) is 5.11 Å². The zero-order chi connectivity index (χ0) is 12.0. The molecule has 0 fully saturated rings. The van der Waals surface area contributed by atoms with E-state index < -0.39 is 5.97 Å². The van der Waals surface area contributed by atoms with Crippen LogP contribution in [0.4, 0.5) is 0 Å².